The largest absolute Gasteiger partial charge is 0.454 e. The van der Waals surface area contributed by atoms with Gasteiger partial charge in [0.1, 0.15) is 11.5 Å². The third-order valence-electron chi connectivity index (χ3n) is 2.55. The Bertz CT molecular complexity index is 597. The normalized spacial score (nSPS) is 12.3. The van der Waals surface area contributed by atoms with E-state index in [2.05, 4.69) is 0 Å². The van der Waals surface area contributed by atoms with Gasteiger partial charge in [0, 0.05) is 5.02 Å². The van der Waals surface area contributed by atoms with Crippen LogP contribution in [0.25, 0.3) is 0 Å². The van der Waals surface area contributed by atoms with Crippen LogP contribution in [0.1, 0.15) is 18.6 Å². The van der Waals surface area contributed by atoms with E-state index in [0.29, 0.717) is 26.6 Å². The molecule has 0 heterocycles. The molecule has 0 radical (unpaired) electrons. The lowest BCUT2D eigenvalue weighted by Gasteiger charge is -2.11. The molecule has 2 aromatic rings. The van der Waals surface area contributed by atoms with E-state index in [-0.39, 0.29) is 0 Å². The van der Waals surface area contributed by atoms with Crippen molar-refractivity contribution < 1.29 is 9.84 Å². The van der Waals surface area contributed by atoms with E-state index in [1.54, 1.807) is 43.3 Å². The van der Waals surface area contributed by atoms with Gasteiger partial charge in [-0.05, 0) is 42.8 Å². The molecule has 0 bridgehead atoms. The first-order valence-electron chi connectivity index (χ1n) is 5.58. The lowest BCUT2D eigenvalue weighted by Crippen LogP contribution is -1.92. The van der Waals surface area contributed by atoms with E-state index in [4.69, 9.17) is 39.5 Å². The van der Waals surface area contributed by atoms with E-state index in [1.807, 2.05) is 0 Å². The molecule has 0 unspecified atom stereocenters. The third-order valence-corrected chi connectivity index (χ3v) is 3.38. The van der Waals surface area contributed by atoms with Gasteiger partial charge < -0.3 is 9.84 Å². The van der Waals surface area contributed by atoms with Crippen LogP contribution < -0.4 is 4.74 Å². The average molecular weight is 318 g/mol. The van der Waals surface area contributed by atoms with Crippen LogP contribution in [-0.2, 0) is 0 Å². The third kappa shape index (κ3) is 3.54. The highest BCUT2D eigenvalue weighted by atomic mass is 35.5. The Balaban J connectivity index is 2.28. The van der Waals surface area contributed by atoms with Gasteiger partial charge >= 0.3 is 0 Å². The Morgan fingerprint density at radius 2 is 1.53 bits per heavy atom. The van der Waals surface area contributed by atoms with E-state index in [0.717, 1.165) is 5.56 Å². The number of rotatable bonds is 3. The number of hydrogen-bond donors (Lipinski definition) is 1. The molecule has 0 spiro atoms. The fraction of sp³-hybridized carbons (Fsp3) is 0.143. The maximum Gasteiger partial charge on any atom is 0.146 e. The fourth-order valence-electron chi connectivity index (χ4n) is 1.54. The maximum absolute atomic E-state index is 9.47. The van der Waals surface area contributed by atoms with Crippen LogP contribution in [0, 0.1) is 0 Å². The minimum atomic E-state index is -0.578. The zero-order valence-corrected chi connectivity index (χ0v) is 12.3. The summed E-state index contributed by atoms with van der Waals surface area (Å²) in [7, 11) is 0. The molecule has 0 aromatic heterocycles. The van der Waals surface area contributed by atoms with Gasteiger partial charge in [-0.15, -0.1) is 0 Å². The fourth-order valence-corrected chi connectivity index (χ4v) is 2.21. The minimum Gasteiger partial charge on any atom is -0.454 e. The number of halogens is 3. The van der Waals surface area contributed by atoms with E-state index >= 15 is 0 Å². The molecule has 0 amide bonds. The summed E-state index contributed by atoms with van der Waals surface area (Å²) in [6.45, 7) is 1.67. The molecule has 0 aliphatic rings. The van der Waals surface area contributed by atoms with E-state index in [9.17, 15) is 5.11 Å². The molecule has 1 atom stereocenters. The topological polar surface area (TPSA) is 29.5 Å². The number of benzene rings is 2. The van der Waals surface area contributed by atoms with Crippen LogP contribution in [0.2, 0.25) is 15.1 Å². The van der Waals surface area contributed by atoms with Crippen molar-refractivity contribution in [1.29, 1.82) is 0 Å². The molecule has 19 heavy (non-hydrogen) atoms. The van der Waals surface area contributed by atoms with Crippen molar-refractivity contribution in [2.24, 2.45) is 0 Å². The van der Waals surface area contributed by atoms with E-state index < -0.39 is 6.10 Å². The first-order valence-corrected chi connectivity index (χ1v) is 6.71. The van der Waals surface area contributed by atoms with Gasteiger partial charge in [-0.2, -0.15) is 0 Å². The zero-order chi connectivity index (χ0) is 14.0. The second kappa shape index (κ2) is 6.02. The number of hydrogen-bond acceptors (Lipinski definition) is 2. The van der Waals surface area contributed by atoms with Crippen LogP contribution in [0.4, 0.5) is 0 Å². The Morgan fingerprint density at radius 1 is 0.947 bits per heavy atom. The quantitative estimate of drug-likeness (QED) is 0.810. The summed E-state index contributed by atoms with van der Waals surface area (Å²) in [5.74, 6) is 0.938. The molecule has 2 aromatic carbocycles. The van der Waals surface area contributed by atoms with Crippen molar-refractivity contribution in [2.75, 3.05) is 0 Å². The van der Waals surface area contributed by atoms with Crippen LogP contribution >= 0.6 is 34.8 Å². The van der Waals surface area contributed by atoms with Crippen LogP contribution in [0.3, 0.4) is 0 Å². The molecular weight excluding hydrogens is 307 g/mol. The van der Waals surface area contributed by atoms with Gasteiger partial charge in [0.05, 0.1) is 16.1 Å². The molecule has 2 nitrogen and oxygen atoms in total. The second-order valence-electron chi connectivity index (χ2n) is 4.04. The lowest BCUT2D eigenvalue weighted by atomic mass is 10.1. The molecule has 0 saturated heterocycles. The molecule has 0 aliphatic heterocycles. The van der Waals surface area contributed by atoms with Crippen molar-refractivity contribution in [3.63, 3.8) is 0 Å². The van der Waals surface area contributed by atoms with Crippen LogP contribution in [0.15, 0.2) is 36.4 Å². The number of aliphatic hydroxyl groups excluding tert-OH is 1. The van der Waals surface area contributed by atoms with Gasteiger partial charge in [-0.25, -0.2) is 0 Å². The summed E-state index contributed by atoms with van der Waals surface area (Å²) in [6, 6.07) is 10.0. The summed E-state index contributed by atoms with van der Waals surface area (Å²) in [5, 5.41) is 10.8. The average Bonchev–Trinajstić information content (AvgIpc) is 2.34. The molecular formula is C14H11Cl3O2. The van der Waals surface area contributed by atoms with Crippen molar-refractivity contribution >= 4 is 34.8 Å². The van der Waals surface area contributed by atoms with Gasteiger partial charge in [0.2, 0.25) is 0 Å². The van der Waals surface area contributed by atoms with Crippen molar-refractivity contribution in [3.8, 4) is 11.5 Å². The molecule has 100 valence electrons. The highest BCUT2D eigenvalue weighted by Crippen LogP contribution is 2.35. The highest BCUT2D eigenvalue weighted by molar-refractivity contribution is 6.35. The molecule has 5 heteroatoms. The molecule has 0 aliphatic carbocycles. The maximum atomic E-state index is 9.47. The zero-order valence-electron chi connectivity index (χ0n) is 10.0. The van der Waals surface area contributed by atoms with Gasteiger partial charge in [-0.1, -0.05) is 40.9 Å². The Hall–Kier alpha value is -0.930. The summed E-state index contributed by atoms with van der Waals surface area (Å²) in [6.07, 6.45) is -0.578. The van der Waals surface area contributed by atoms with Crippen molar-refractivity contribution in [3.05, 3.63) is 57.0 Å². The predicted octanol–water partition coefficient (Wildman–Crippen LogP) is 5.49. The first-order chi connectivity index (χ1) is 8.97. The number of ether oxygens (including phenoxy) is 1. The Morgan fingerprint density at radius 3 is 2.05 bits per heavy atom. The number of aliphatic hydroxyl groups is 1. The Kier molecular flexibility index (Phi) is 4.58. The van der Waals surface area contributed by atoms with Gasteiger partial charge in [-0.3, -0.25) is 0 Å². The monoisotopic (exact) mass is 316 g/mol. The van der Waals surface area contributed by atoms with Gasteiger partial charge in [0.25, 0.3) is 0 Å². The second-order valence-corrected chi connectivity index (χ2v) is 5.29. The SMILES string of the molecule is C[C@H](O)c1ccc(Oc2ccc(Cl)cc2Cl)c(Cl)c1. The van der Waals surface area contributed by atoms with Crippen LogP contribution in [0.5, 0.6) is 11.5 Å². The lowest BCUT2D eigenvalue weighted by molar-refractivity contribution is 0.199. The van der Waals surface area contributed by atoms with Crippen molar-refractivity contribution in [1.82, 2.24) is 0 Å². The standard InChI is InChI=1S/C14H11Cl3O2/c1-8(18)9-2-4-13(11(16)6-9)19-14-5-3-10(15)7-12(14)17/h2-8,18H,1H3/t8-/m0/s1. The molecule has 1 N–H and O–H groups in total. The summed E-state index contributed by atoms with van der Waals surface area (Å²) in [5.41, 5.74) is 0.722. The predicted molar refractivity (Wildman–Crippen MR) is 78.6 cm³/mol. The summed E-state index contributed by atoms with van der Waals surface area (Å²) in [4.78, 5) is 0. The molecule has 0 saturated carbocycles. The molecule has 0 fully saturated rings. The summed E-state index contributed by atoms with van der Waals surface area (Å²) >= 11 is 17.9. The minimum absolute atomic E-state index is 0.406. The Labute approximate surface area is 126 Å². The summed E-state index contributed by atoms with van der Waals surface area (Å²) < 4.78 is 5.63. The van der Waals surface area contributed by atoms with Crippen LogP contribution in [-0.4, -0.2) is 5.11 Å². The van der Waals surface area contributed by atoms with Crippen molar-refractivity contribution in [2.45, 2.75) is 13.0 Å². The van der Waals surface area contributed by atoms with Gasteiger partial charge in [0.15, 0.2) is 0 Å². The highest BCUT2D eigenvalue weighted by Gasteiger charge is 2.09. The van der Waals surface area contributed by atoms with E-state index in [1.165, 1.54) is 0 Å². The smallest absolute Gasteiger partial charge is 0.146 e. The molecule has 2 rings (SSSR count). The first kappa shape index (κ1) is 14.5.